The Bertz CT molecular complexity index is 222. The van der Waals surface area contributed by atoms with Crippen LogP contribution in [0.5, 0.6) is 0 Å². The van der Waals surface area contributed by atoms with Gasteiger partial charge in [-0.25, -0.2) is 5.01 Å². The highest BCUT2D eigenvalue weighted by molar-refractivity contribution is 4.74. The summed E-state index contributed by atoms with van der Waals surface area (Å²) in [6.07, 6.45) is 16.1. The molecule has 0 saturated carbocycles. The van der Waals surface area contributed by atoms with Gasteiger partial charge in [0, 0.05) is 19.6 Å². The van der Waals surface area contributed by atoms with E-state index >= 15 is 0 Å². The van der Waals surface area contributed by atoms with E-state index in [4.69, 9.17) is 0 Å². The van der Waals surface area contributed by atoms with Gasteiger partial charge in [0.05, 0.1) is 0 Å². The molecule has 22 heavy (non-hydrogen) atoms. The van der Waals surface area contributed by atoms with Gasteiger partial charge in [-0.3, -0.25) is 5.43 Å². The first kappa shape index (κ1) is 16.7. The zero-order chi connectivity index (χ0) is 15.0. The van der Waals surface area contributed by atoms with Crippen LogP contribution in [0.15, 0.2) is 0 Å². The summed E-state index contributed by atoms with van der Waals surface area (Å²) in [6.45, 7) is 7.93. The Labute approximate surface area is 137 Å². The van der Waals surface area contributed by atoms with Crippen molar-refractivity contribution in [3.05, 3.63) is 0 Å². The van der Waals surface area contributed by atoms with E-state index in [1.54, 1.807) is 0 Å². The van der Waals surface area contributed by atoms with E-state index in [0.29, 0.717) is 0 Å². The summed E-state index contributed by atoms with van der Waals surface area (Å²) in [5.41, 5.74) is 3.48. The lowest BCUT2D eigenvalue weighted by atomic mass is 9.93. The zero-order valence-corrected chi connectivity index (χ0v) is 14.6. The van der Waals surface area contributed by atoms with E-state index in [1.807, 2.05) is 0 Å². The van der Waals surface area contributed by atoms with Gasteiger partial charge < -0.3 is 4.90 Å². The highest BCUT2D eigenvalue weighted by atomic mass is 15.5. The number of hydrogen-bond donors (Lipinski definition) is 1. The number of fused-ring (bicyclic) bond motifs is 12. The van der Waals surface area contributed by atoms with E-state index in [1.165, 1.54) is 110 Å². The summed E-state index contributed by atoms with van der Waals surface area (Å²) < 4.78 is 0. The first-order valence-electron chi connectivity index (χ1n) is 10.1. The standard InChI is InChI=1S/C10H19N.C9H18N2/c1-2-4-10-5-8-11(7-3-1)9-6-10;1-2-6-10-11-7-4-9(3-1)5-8-11/h10H,1-9H2;9-10H,1-8H2. The average molecular weight is 308 g/mol. The molecule has 3 heteroatoms. The highest BCUT2D eigenvalue weighted by Gasteiger charge is 2.20. The first-order valence-corrected chi connectivity index (χ1v) is 10.1. The molecule has 1 N–H and O–H groups in total. The third kappa shape index (κ3) is 5.50. The van der Waals surface area contributed by atoms with E-state index in [9.17, 15) is 0 Å². The molecule has 0 aromatic rings. The van der Waals surface area contributed by atoms with E-state index in [-0.39, 0.29) is 0 Å². The third-order valence-corrected chi connectivity index (χ3v) is 6.28. The van der Waals surface area contributed by atoms with Crippen LogP contribution in [0, 0.1) is 11.8 Å². The monoisotopic (exact) mass is 307 g/mol. The fourth-order valence-electron chi connectivity index (χ4n) is 4.62. The van der Waals surface area contributed by atoms with Gasteiger partial charge in [-0.05, 0) is 70.0 Å². The quantitative estimate of drug-likeness (QED) is 0.737. The van der Waals surface area contributed by atoms with Crippen LogP contribution < -0.4 is 5.43 Å². The van der Waals surface area contributed by atoms with Gasteiger partial charge in [-0.15, -0.1) is 0 Å². The molecule has 0 aliphatic carbocycles. The maximum Gasteiger partial charge on any atom is 0.0133 e. The molecule has 128 valence electrons. The van der Waals surface area contributed by atoms with Crippen LogP contribution in [-0.2, 0) is 0 Å². The third-order valence-electron chi connectivity index (χ3n) is 6.28. The molecule has 6 heterocycles. The molecule has 6 rings (SSSR count). The number of nitrogens with one attached hydrogen (secondary N) is 1. The van der Waals surface area contributed by atoms with Crippen molar-refractivity contribution in [1.82, 2.24) is 15.3 Å². The Balaban J connectivity index is 0.000000131. The predicted octanol–water partition coefficient (Wildman–Crippen LogP) is 3.66. The van der Waals surface area contributed by atoms with Crippen LogP contribution in [-0.4, -0.2) is 49.2 Å². The summed E-state index contributed by atoms with van der Waals surface area (Å²) in [7, 11) is 0. The summed E-state index contributed by atoms with van der Waals surface area (Å²) in [5.74, 6) is 2.13. The minimum absolute atomic E-state index is 1.05. The molecular formula is C19H37N3. The molecule has 0 aromatic heterocycles. The number of rotatable bonds is 0. The van der Waals surface area contributed by atoms with Gasteiger partial charge >= 0.3 is 0 Å². The van der Waals surface area contributed by atoms with Crippen molar-refractivity contribution >= 4 is 0 Å². The molecule has 0 spiro atoms. The Morgan fingerprint density at radius 2 is 1.18 bits per heavy atom. The van der Waals surface area contributed by atoms with Crippen molar-refractivity contribution in [3.8, 4) is 0 Å². The molecule has 4 bridgehead atoms. The van der Waals surface area contributed by atoms with E-state index in [0.717, 1.165) is 11.8 Å². The largest absolute Gasteiger partial charge is 0.303 e. The first-order chi connectivity index (χ1) is 10.9. The van der Waals surface area contributed by atoms with Gasteiger partial charge in [0.25, 0.3) is 0 Å². The number of nitrogens with zero attached hydrogens (tertiary/aromatic N) is 2. The molecule has 0 aromatic carbocycles. The molecule has 0 radical (unpaired) electrons. The minimum atomic E-state index is 1.05. The molecule has 0 amide bonds. The zero-order valence-electron chi connectivity index (χ0n) is 14.6. The molecule has 0 unspecified atom stereocenters. The number of hydrogen-bond acceptors (Lipinski definition) is 3. The Morgan fingerprint density at radius 1 is 0.545 bits per heavy atom. The van der Waals surface area contributed by atoms with Gasteiger partial charge in [-0.2, -0.15) is 0 Å². The van der Waals surface area contributed by atoms with E-state index < -0.39 is 0 Å². The van der Waals surface area contributed by atoms with Gasteiger partial charge in [0.15, 0.2) is 0 Å². The molecular weight excluding hydrogens is 270 g/mol. The lowest BCUT2D eigenvalue weighted by Gasteiger charge is -2.30. The van der Waals surface area contributed by atoms with Crippen molar-refractivity contribution < 1.29 is 0 Å². The predicted molar refractivity (Wildman–Crippen MR) is 93.8 cm³/mol. The minimum Gasteiger partial charge on any atom is -0.303 e. The Kier molecular flexibility index (Phi) is 7.03. The molecule has 6 aliphatic heterocycles. The second-order valence-electron chi connectivity index (χ2n) is 7.97. The molecule has 6 saturated heterocycles. The fraction of sp³-hybridized carbons (Fsp3) is 1.00. The van der Waals surface area contributed by atoms with Crippen LogP contribution in [0.3, 0.4) is 0 Å². The average Bonchev–Trinajstić information content (AvgIpc) is 2.86. The van der Waals surface area contributed by atoms with Crippen LogP contribution >= 0.6 is 0 Å². The lowest BCUT2D eigenvalue weighted by molar-refractivity contribution is 0.131. The SMILES string of the molecule is C1CCC2CCN(CC1)CC2.C1CCC2CCN(CC2)NC1. The summed E-state index contributed by atoms with van der Waals surface area (Å²) in [4.78, 5) is 2.65. The highest BCUT2D eigenvalue weighted by Crippen LogP contribution is 2.25. The van der Waals surface area contributed by atoms with Crippen molar-refractivity contribution in [1.29, 1.82) is 0 Å². The van der Waals surface area contributed by atoms with Crippen LogP contribution in [0.2, 0.25) is 0 Å². The van der Waals surface area contributed by atoms with Gasteiger partial charge in [0.1, 0.15) is 0 Å². The maximum atomic E-state index is 3.48. The van der Waals surface area contributed by atoms with Crippen LogP contribution in [0.25, 0.3) is 0 Å². The fourth-order valence-corrected chi connectivity index (χ4v) is 4.62. The van der Waals surface area contributed by atoms with Crippen LogP contribution in [0.4, 0.5) is 0 Å². The topological polar surface area (TPSA) is 18.5 Å². The molecule has 3 nitrogen and oxygen atoms in total. The maximum absolute atomic E-state index is 3.48. The Morgan fingerprint density at radius 3 is 1.91 bits per heavy atom. The normalized spacial score (nSPS) is 39.3. The second-order valence-corrected chi connectivity index (χ2v) is 7.97. The lowest BCUT2D eigenvalue weighted by Crippen LogP contribution is -2.43. The van der Waals surface area contributed by atoms with Gasteiger partial charge in [-0.1, -0.05) is 32.1 Å². The van der Waals surface area contributed by atoms with Crippen LogP contribution in [0.1, 0.15) is 70.6 Å². The van der Waals surface area contributed by atoms with Crippen molar-refractivity contribution in [2.24, 2.45) is 11.8 Å². The second kappa shape index (κ2) is 9.24. The van der Waals surface area contributed by atoms with Gasteiger partial charge in [0.2, 0.25) is 0 Å². The Hall–Kier alpha value is -0.120. The van der Waals surface area contributed by atoms with Crippen molar-refractivity contribution in [2.45, 2.75) is 70.6 Å². The number of hydrazine groups is 1. The van der Waals surface area contributed by atoms with E-state index in [2.05, 4.69) is 15.3 Å². The van der Waals surface area contributed by atoms with Crippen molar-refractivity contribution in [3.63, 3.8) is 0 Å². The molecule has 0 atom stereocenters. The van der Waals surface area contributed by atoms with Crippen molar-refractivity contribution in [2.75, 3.05) is 39.3 Å². The number of piperidine rings is 2. The smallest absolute Gasteiger partial charge is 0.0133 e. The molecule has 6 aliphatic rings. The molecule has 6 fully saturated rings. The summed E-state index contributed by atoms with van der Waals surface area (Å²) >= 11 is 0. The summed E-state index contributed by atoms with van der Waals surface area (Å²) in [6, 6.07) is 0. The summed E-state index contributed by atoms with van der Waals surface area (Å²) in [5, 5.41) is 2.40.